The molecule has 0 aliphatic heterocycles. The minimum absolute atomic E-state index is 0.180. The Bertz CT molecular complexity index is 1090. The van der Waals surface area contributed by atoms with Gasteiger partial charge in [0.05, 0.1) is 22.7 Å². The highest BCUT2D eigenvalue weighted by atomic mass is 32.2. The topological polar surface area (TPSA) is 85.6 Å². The number of benzene rings is 2. The number of carbonyl (C=O) groups excluding carboxylic acids is 1. The minimum atomic E-state index is -0.180. The molecule has 0 fully saturated rings. The molecule has 0 spiro atoms. The molecule has 4 rings (SSSR count). The van der Waals surface area contributed by atoms with Crippen LogP contribution in [0.1, 0.15) is 21.9 Å². The Hall–Kier alpha value is -3.04. The van der Waals surface area contributed by atoms with Crippen molar-refractivity contribution in [3.63, 3.8) is 0 Å². The summed E-state index contributed by atoms with van der Waals surface area (Å²) in [6.07, 6.45) is 0. The first-order valence-corrected chi connectivity index (χ1v) is 10.4. The van der Waals surface area contributed by atoms with E-state index >= 15 is 0 Å². The van der Waals surface area contributed by atoms with Crippen LogP contribution in [0.5, 0.6) is 0 Å². The number of thioether (sulfide) groups is 1. The monoisotopic (exact) mass is 408 g/mol. The predicted molar refractivity (Wildman–Crippen MR) is 110 cm³/mol. The van der Waals surface area contributed by atoms with Crippen LogP contribution in [0.15, 0.2) is 64.9 Å². The van der Waals surface area contributed by atoms with Gasteiger partial charge in [0.1, 0.15) is 0 Å². The largest absolute Gasteiger partial charge is 0.298 e. The standard InChI is InChI=1S/C19H16N6OS2/c1-13-11-28-19(20-13)21-18(26)15-9-5-6-10-16(15)27-12-17-22-23-24-25(17)14-7-3-2-4-8-14/h2-11H,12H2,1H3,(H,20,21,26). The van der Waals surface area contributed by atoms with E-state index in [1.807, 2.05) is 60.8 Å². The average Bonchev–Trinajstić information content (AvgIpc) is 3.36. The van der Waals surface area contributed by atoms with Crippen molar-refractivity contribution in [3.8, 4) is 5.69 Å². The Morgan fingerprint density at radius 1 is 1.14 bits per heavy atom. The van der Waals surface area contributed by atoms with Crippen LogP contribution in [0.2, 0.25) is 0 Å². The molecule has 1 amide bonds. The first-order chi connectivity index (χ1) is 13.7. The lowest BCUT2D eigenvalue weighted by Crippen LogP contribution is -2.13. The maximum atomic E-state index is 12.7. The van der Waals surface area contributed by atoms with Crippen molar-refractivity contribution in [2.75, 3.05) is 5.32 Å². The summed E-state index contributed by atoms with van der Waals surface area (Å²) in [6, 6.07) is 17.2. The van der Waals surface area contributed by atoms with E-state index in [-0.39, 0.29) is 5.91 Å². The third kappa shape index (κ3) is 4.10. The number of para-hydroxylation sites is 1. The molecule has 0 radical (unpaired) electrons. The van der Waals surface area contributed by atoms with Gasteiger partial charge in [-0.05, 0) is 41.6 Å². The van der Waals surface area contributed by atoms with Crippen LogP contribution < -0.4 is 5.32 Å². The van der Waals surface area contributed by atoms with Crippen molar-refractivity contribution < 1.29 is 4.79 Å². The van der Waals surface area contributed by atoms with Crippen molar-refractivity contribution >= 4 is 34.1 Å². The van der Waals surface area contributed by atoms with Crippen LogP contribution in [0.4, 0.5) is 5.13 Å². The molecular formula is C19H16N6OS2. The Morgan fingerprint density at radius 2 is 1.93 bits per heavy atom. The van der Waals surface area contributed by atoms with Crippen LogP contribution in [-0.4, -0.2) is 31.1 Å². The quantitative estimate of drug-likeness (QED) is 0.486. The molecule has 0 saturated carbocycles. The van der Waals surface area contributed by atoms with Crippen molar-refractivity contribution in [2.24, 2.45) is 0 Å². The molecule has 0 aliphatic rings. The molecule has 0 atom stereocenters. The number of amides is 1. The number of thiazole rings is 1. The second-order valence-corrected chi connectivity index (χ2v) is 7.75. The van der Waals surface area contributed by atoms with Gasteiger partial charge in [-0.15, -0.1) is 28.2 Å². The molecule has 2 aromatic heterocycles. The third-order valence-corrected chi connectivity index (χ3v) is 5.81. The van der Waals surface area contributed by atoms with Crippen LogP contribution in [0.3, 0.4) is 0 Å². The van der Waals surface area contributed by atoms with Gasteiger partial charge in [-0.2, -0.15) is 4.68 Å². The lowest BCUT2D eigenvalue weighted by Gasteiger charge is -2.09. The van der Waals surface area contributed by atoms with Gasteiger partial charge in [-0.25, -0.2) is 4.98 Å². The average molecular weight is 409 g/mol. The van der Waals surface area contributed by atoms with Gasteiger partial charge >= 0.3 is 0 Å². The Morgan fingerprint density at radius 3 is 2.71 bits per heavy atom. The zero-order chi connectivity index (χ0) is 19.3. The summed E-state index contributed by atoms with van der Waals surface area (Å²) in [7, 11) is 0. The van der Waals surface area contributed by atoms with Gasteiger partial charge in [0.15, 0.2) is 11.0 Å². The van der Waals surface area contributed by atoms with Crippen molar-refractivity contribution in [1.82, 2.24) is 25.2 Å². The second kappa shape index (κ2) is 8.32. The molecule has 4 aromatic rings. The molecule has 140 valence electrons. The number of aryl methyl sites for hydroxylation is 1. The number of tetrazole rings is 1. The highest BCUT2D eigenvalue weighted by molar-refractivity contribution is 7.98. The SMILES string of the molecule is Cc1csc(NC(=O)c2ccccc2SCc2nnnn2-c2ccccc2)n1. The zero-order valence-corrected chi connectivity index (χ0v) is 16.6. The van der Waals surface area contributed by atoms with E-state index in [0.29, 0.717) is 22.3 Å². The van der Waals surface area contributed by atoms with Crippen molar-refractivity contribution in [2.45, 2.75) is 17.6 Å². The maximum absolute atomic E-state index is 12.7. The second-order valence-electron chi connectivity index (χ2n) is 5.88. The summed E-state index contributed by atoms with van der Waals surface area (Å²) in [6.45, 7) is 1.90. The summed E-state index contributed by atoms with van der Waals surface area (Å²) in [4.78, 5) is 17.8. The zero-order valence-electron chi connectivity index (χ0n) is 14.9. The summed E-state index contributed by atoms with van der Waals surface area (Å²) < 4.78 is 1.70. The highest BCUT2D eigenvalue weighted by Gasteiger charge is 2.15. The molecule has 0 saturated heterocycles. The van der Waals surface area contributed by atoms with Gasteiger partial charge < -0.3 is 0 Å². The molecule has 0 unspecified atom stereocenters. The molecular weight excluding hydrogens is 392 g/mol. The molecule has 28 heavy (non-hydrogen) atoms. The Balaban J connectivity index is 1.51. The number of aromatic nitrogens is 5. The van der Waals surface area contributed by atoms with E-state index in [9.17, 15) is 4.79 Å². The van der Waals surface area contributed by atoms with Gasteiger partial charge in [0.2, 0.25) is 0 Å². The first kappa shape index (κ1) is 18.3. The number of hydrogen-bond acceptors (Lipinski definition) is 7. The Labute approximate surface area is 169 Å². The van der Waals surface area contributed by atoms with Gasteiger partial charge in [0, 0.05) is 10.3 Å². The van der Waals surface area contributed by atoms with E-state index in [2.05, 4.69) is 25.8 Å². The van der Waals surface area contributed by atoms with Crippen LogP contribution in [-0.2, 0) is 5.75 Å². The number of rotatable bonds is 6. The fraction of sp³-hybridized carbons (Fsp3) is 0.105. The molecule has 7 nitrogen and oxygen atoms in total. The number of hydrogen-bond donors (Lipinski definition) is 1. The van der Waals surface area contributed by atoms with E-state index < -0.39 is 0 Å². The summed E-state index contributed by atoms with van der Waals surface area (Å²) in [5, 5.41) is 17.3. The molecule has 2 heterocycles. The number of carbonyl (C=O) groups is 1. The van der Waals surface area contributed by atoms with Crippen LogP contribution in [0, 0.1) is 6.92 Å². The lowest BCUT2D eigenvalue weighted by atomic mass is 10.2. The first-order valence-electron chi connectivity index (χ1n) is 8.49. The summed E-state index contributed by atoms with van der Waals surface area (Å²) in [5.41, 5.74) is 2.38. The molecule has 9 heteroatoms. The fourth-order valence-electron chi connectivity index (χ4n) is 2.56. The van der Waals surface area contributed by atoms with E-state index in [4.69, 9.17) is 0 Å². The maximum Gasteiger partial charge on any atom is 0.258 e. The fourth-order valence-corrected chi connectivity index (χ4v) is 4.20. The normalized spacial score (nSPS) is 10.8. The van der Waals surface area contributed by atoms with Gasteiger partial charge in [-0.1, -0.05) is 30.3 Å². The van der Waals surface area contributed by atoms with E-state index in [0.717, 1.165) is 16.3 Å². The molecule has 1 N–H and O–H groups in total. The highest BCUT2D eigenvalue weighted by Crippen LogP contribution is 2.27. The molecule has 2 aromatic carbocycles. The lowest BCUT2D eigenvalue weighted by molar-refractivity contribution is 0.102. The van der Waals surface area contributed by atoms with Crippen molar-refractivity contribution in [3.05, 3.63) is 77.1 Å². The number of nitrogens with one attached hydrogen (secondary N) is 1. The predicted octanol–water partition coefficient (Wildman–Crippen LogP) is 3.97. The van der Waals surface area contributed by atoms with Gasteiger partial charge in [0.25, 0.3) is 5.91 Å². The Kier molecular flexibility index (Phi) is 5.45. The summed E-state index contributed by atoms with van der Waals surface area (Å²) in [5.74, 6) is 1.06. The third-order valence-electron chi connectivity index (χ3n) is 3.86. The molecule has 0 bridgehead atoms. The van der Waals surface area contributed by atoms with Gasteiger partial charge in [-0.3, -0.25) is 10.1 Å². The number of nitrogens with zero attached hydrogens (tertiary/aromatic N) is 5. The van der Waals surface area contributed by atoms with E-state index in [1.165, 1.54) is 23.1 Å². The minimum Gasteiger partial charge on any atom is -0.298 e. The van der Waals surface area contributed by atoms with Crippen molar-refractivity contribution in [1.29, 1.82) is 0 Å². The van der Waals surface area contributed by atoms with Crippen LogP contribution in [0.25, 0.3) is 5.69 Å². The molecule has 0 aliphatic carbocycles. The smallest absolute Gasteiger partial charge is 0.258 e. The van der Waals surface area contributed by atoms with Crippen LogP contribution >= 0.6 is 23.1 Å². The summed E-state index contributed by atoms with van der Waals surface area (Å²) >= 11 is 2.93. The number of anilines is 1. The van der Waals surface area contributed by atoms with E-state index in [1.54, 1.807) is 10.7 Å².